The number of nitrogens with zero attached hydrogens (tertiary/aromatic N) is 1. The molecule has 0 saturated carbocycles. The van der Waals surface area contributed by atoms with Crippen LogP contribution in [0.4, 0.5) is 0 Å². The van der Waals surface area contributed by atoms with Gasteiger partial charge in [0.15, 0.2) is 0 Å². The molecule has 2 aromatic rings. The van der Waals surface area contributed by atoms with Crippen molar-refractivity contribution in [3.63, 3.8) is 0 Å². The molecular weight excluding hydrogens is 321 g/mol. The molecule has 1 aliphatic rings. The van der Waals surface area contributed by atoms with Gasteiger partial charge in [0.05, 0.1) is 9.92 Å². The maximum atomic E-state index is 12.5. The Hall–Kier alpha value is -0.790. The highest BCUT2D eigenvalue weighted by atomic mass is 35.5. The molecule has 0 unspecified atom stereocenters. The number of halogens is 2. The highest BCUT2D eigenvalue weighted by Crippen LogP contribution is 2.26. The summed E-state index contributed by atoms with van der Waals surface area (Å²) < 4.78 is 26.5. The monoisotopic (exact) mass is 335 g/mol. The number of sulfonamides is 1. The average molecular weight is 336 g/mol. The first-order valence-electron chi connectivity index (χ1n) is 6.06. The molecule has 20 heavy (non-hydrogen) atoms. The fourth-order valence-corrected chi connectivity index (χ4v) is 3.95. The topological polar surface area (TPSA) is 65.2 Å². The second-order valence-corrected chi connectivity index (χ2v) is 6.84. The SMILES string of the molecule is Cl.O=S(=O)(c1ccc2c(Cl)c[nH]c2c1)N1CCNCC1. The van der Waals surface area contributed by atoms with Gasteiger partial charge in [-0.1, -0.05) is 11.6 Å². The predicted octanol–water partition coefficient (Wildman–Crippen LogP) is 1.84. The number of piperazine rings is 1. The zero-order valence-electron chi connectivity index (χ0n) is 10.6. The summed E-state index contributed by atoms with van der Waals surface area (Å²) in [5.74, 6) is 0. The van der Waals surface area contributed by atoms with Crippen molar-refractivity contribution in [3.8, 4) is 0 Å². The van der Waals surface area contributed by atoms with E-state index in [4.69, 9.17) is 11.6 Å². The third-order valence-electron chi connectivity index (χ3n) is 3.32. The standard InChI is InChI=1S/C12H14ClN3O2S.ClH/c13-11-8-15-12-7-9(1-2-10(11)12)19(17,18)16-5-3-14-4-6-16;/h1-2,7-8,14-15H,3-6H2;1H. The van der Waals surface area contributed by atoms with E-state index in [-0.39, 0.29) is 12.4 Å². The van der Waals surface area contributed by atoms with Gasteiger partial charge in [0.2, 0.25) is 10.0 Å². The number of hydrogen-bond acceptors (Lipinski definition) is 3. The number of hydrogen-bond donors (Lipinski definition) is 2. The Morgan fingerprint density at radius 3 is 2.60 bits per heavy atom. The van der Waals surface area contributed by atoms with Gasteiger partial charge in [-0.2, -0.15) is 4.31 Å². The van der Waals surface area contributed by atoms with Crippen LogP contribution in [0.1, 0.15) is 0 Å². The highest BCUT2D eigenvalue weighted by Gasteiger charge is 2.26. The molecule has 1 fully saturated rings. The van der Waals surface area contributed by atoms with Crippen LogP contribution in [0.5, 0.6) is 0 Å². The molecule has 1 saturated heterocycles. The molecular formula is C12H15Cl2N3O2S. The Morgan fingerprint density at radius 2 is 1.90 bits per heavy atom. The van der Waals surface area contributed by atoms with E-state index in [0.29, 0.717) is 36.1 Å². The lowest BCUT2D eigenvalue weighted by molar-refractivity contribution is 0.360. The number of aromatic amines is 1. The quantitative estimate of drug-likeness (QED) is 0.880. The van der Waals surface area contributed by atoms with Crippen molar-refractivity contribution in [2.75, 3.05) is 26.2 Å². The summed E-state index contributed by atoms with van der Waals surface area (Å²) in [4.78, 5) is 3.28. The summed E-state index contributed by atoms with van der Waals surface area (Å²) >= 11 is 5.99. The number of nitrogens with one attached hydrogen (secondary N) is 2. The van der Waals surface area contributed by atoms with Crippen LogP contribution in [0.3, 0.4) is 0 Å². The first-order valence-corrected chi connectivity index (χ1v) is 7.88. The summed E-state index contributed by atoms with van der Waals surface area (Å²) in [5, 5.41) is 4.57. The molecule has 1 aliphatic heterocycles. The van der Waals surface area contributed by atoms with E-state index < -0.39 is 10.0 Å². The molecule has 1 aromatic heterocycles. The summed E-state index contributed by atoms with van der Waals surface area (Å²) in [7, 11) is -3.41. The molecule has 8 heteroatoms. The Morgan fingerprint density at radius 1 is 1.20 bits per heavy atom. The molecule has 0 radical (unpaired) electrons. The summed E-state index contributed by atoms with van der Waals surface area (Å²) in [6.45, 7) is 2.39. The fraction of sp³-hybridized carbons (Fsp3) is 0.333. The number of fused-ring (bicyclic) bond motifs is 1. The number of H-pyrrole nitrogens is 1. The summed E-state index contributed by atoms with van der Waals surface area (Å²) in [6.07, 6.45) is 1.66. The Kier molecular flexibility index (Phi) is 4.61. The first-order chi connectivity index (χ1) is 9.09. The van der Waals surface area contributed by atoms with Crippen molar-refractivity contribution in [3.05, 3.63) is 29.4 Å². The zero-order valence-corrected chi connectivity index (χ0v) is 13.0. The van der Waals surface area contributed by atoms with Gasteiger partial charge < -0.3 is 10.3 Å². The van der Waals surface area contributed by atoms with Crippen molar-refractivity contribution >= 4 is 44.9 Å². The van der Waals surface area contributed by atoms with Gasteiger partial charge in [0.25, 0.3) is 0 Å². The van der Waals surface area contributed by atoms with Crippen LogP contribution in [-0.4, -0.2) is 43.9 Å². The van der Waals surface area contributed by atoms with Gasteiger partial charge in [-0.15, -0.1) is 12.4 Å². The minimum absolute atomic E-state index is 0. The van der Waals surface area contributed by atoms with Gasteiger partial charge >= 0.3 is 0 Å². The smallest absolute Gasteiger partial charge is 0.243 e. The lowest BCUT2D eigenvalue weighted by atomic mass is 10.2. The lowest BCUT2D eigenvalue weighted by Crippen LogP contribution is -2.46. The van der Waals surface area contributed by atoms with Gasteiger partial charge in [0, 0.05) is 43.3 Å². The fourth-order valence-electron chi connectivity index (χ4n) is 2.26. The van der Waals surface area contributed by atoms with E-state index in [9.17, 15) is 8.42 Å². The van der Waals surface area contributed by atoms with Crippen LogP contribution in [-0.2, 0) is 10.0 Å². The number of benzene rings is 1. The van der Waals surface area contributed by atoms with Crippen LogP contribution >= 0.6 is 24.0 Å². The Balaban J connectivity index is 0.00000147. The second-order valence-electron chi connectivity index (χ2n) is 4.50. The molecule has 110 valence electrons. The van der Waals surface area contributed by atoms with Crippen molar-refractivity contribution in [1.29, 1.82) is 0 Å². The van der Waals surface area contributed by atoms with Crippen molar-refractivity contribution in [2.45, 2.75) is 4.90 Å². The van der Waals surface area contributed by atoms with E-state index in [0.717, 1.165) is 10.9 Å². The van der Waals surface area contributed by atoms with E-state index in [1.165, 1.54) is 4.31 Å². The van der Waals surface area contributed by atoms with Crippen LogP contribution in [0.25, 0.3) is 10.9 Å². The Labute approximate surface area is 128 Å². The molecule has 2 heterocycles. The van der Waals surface area contributed by atoms with E-state index in [1.54, 1.807) is 24.4 Å². The minimum Gasteiger partial charge on any atom is -0.360 e. The zero-order chi connectivity index (χ0) is 13.5. The maximum Gasteiger partial charge on any atom is 0.243 e. The predicted molar refractivity (Wildman–Crippen MR) is 82.2 cm³/mol. The number of aromatic nitrogens is 1. The average Bonchev–Trinajstić information content (AvgIpc) is 2.81. The molecule has 5 nitrogen and oxygen atoms in total. The largest absolute Gasteiger partial charge is 0.360 e. The second kappa shape index (κ2) is 5.91. The van der Waals surface area contributed by atoms with Crippen molar-refractivity contribution < 1.29 is 8.42 Å². The van der Waals surface area contributed by atoms with E-state index in [1.807, 2.05) is 0 Å². The minimum atomic E-state index is -3.41. The van der Waals surface area contributed by atoms with Gasteiger partial charge in [-0.3, -0.25) is 0 Å². The first kappa shape index (κ1) is 15.6. The molecule has 2 N–H and O–H groups in total. The van der Waals surface area contributed by atoms with Gasteiger partial charge in [-0.25, -0.2) is 8.42 Å². The highest BCUT2D eigenvalue weighted by molar-refractivity contribution is 7.89. The van der Waals surface area contributed by atoms with Crippen molar-refractivity contribution in [1.82, 2.24) is 14.6 Å². The molecule has 3 rings (SSSR count). The molecule has 1 aromatic carbocycles. The van der Waals surface area contributed by atoms with E-state index in [2.05, 4.69) is 10.3 Å². The molecule has 0 atom stereocenters. The normalized spacial score (nSPS) is 17.1. The van der Waals surface area contributed by atoms with Gasteiger partial charge in [-0.05, 0) is 18.2 Å². The maximum absolute atomic E-state index is 12.5. The molecule has 0 aliphatic carbocycles. The van der Waals surface area contributed by atoms with Crippen LogP contribution in [0.15, 0.2) is 29.3 Å². The van der Waals surface area contributed by atoms with Crippen LogP contribution < -0.4 is 5.32 Å². The van der Waals surface area contributed by atoms with Crippen LogP contribution in [0.2, 0.25) is 5.02 Å². The third kappa shape index (κ3) is 2.66. The van der Waals surface area contributed by atoms with E-state index >= 15 is 0 Å². The lowest BCUT2D eigenvalue weighted by Gasteiger charge is -2.26. The summed E-state index contributed by atoms with van der Waals surface area (Å²) in [6, 6.07) is 4.99. The van der Waals surface area contributed by atoms with Crippen LogP contribution in [0, 0.1) is 0 Å². The molecule has 0 spiro atoms. The van der Waals surface area contributed by atoms with Gasteiger partial charge in [0.1, 0.15) is 0 Å². The third-order valence-corrected chi connectivity index (χ3v) is 5.52. The number of rotatable bonds is 2. The molecule has 0 amide bonds. The Bertz CT molecular complexity index is 709. The summed E-state index contributed by atoms with van der Waals surface area (Å²) in [5.41, 5.74) is 0.737. The molecule has 0 bridgehead atoms. The van der Waals surface area contributed by atoms with Crippen molar-refractivity contribution in [2.24, 2.45) is 0 Å².